The molecule has 0 unspecified atom stereocenters. The first kappa shape index (κ1) is 15.7. The van der Waals surface area contributed by atoms with Crippen LogP contribution < -0.4 is 0 Å². The molecule has 2 aromatic rings. The summed E-state index contributed by atoms with van der Waals surface area (Å²) in [6.45, 7) is 1.02. The van der Waals surface area contributed by atoms with Crippen molar-refractivity contribution in [1.29, 1.82) is 0 Å². The molecule has 5 heteroatoms. The predicted molar refractivity (Wildman–Crippen MR) is 93.2 cm³/mol. The van der Waals surface area contributed by atoms with Crippen molar-refractivity contribution in [3.63, 3.8) is 0 Å². The quantitative estimate of drug-likeness (QED) is 0.783. The van der Waals surface area contributed by atoms with Crippen LogP contribution in [0.15, 0.2) is 41.5 Å². The van der Waals surface area contributed by atoms with E-state index >= 15 is 0 Å². The van der Waals surface area contributed by atoms with Gasteiger partial charge in [0.05, 0.1) is 12.1 Å². The number of hydrogen-bond donors (Lipinski definition) is 0. The van der Waals surface area contributed by atoms with Gasteiger partial charge in [0.2, 0.25) is 5.90 Å². The molecule has 1 fully saturated rings. The van der Waals surface area contributed by atoms with Gasteiger partial charge in [-0.05, 0) is 37.1 Å². The number of ether oxygens (including phenoxy) is 1. The van der Waals surface area contributed by atoms with Gasteiger partial charge in [-0.25, -0.2) is 9.38 Å². The van der Waals surface area contributed by atoms with Crippen LogP contribution in [-0.4, -0.2) is 22.6 Å². The summed E-state index contributed by atoms with van der Waals surface area (Å²) in [6.07, 6.45) is 7.81. The normalized spacial score (nSPS) is 19.3. The van der Waals surface area contributed by atoms with E-state index in [1.807, 2.05) is 22.9 Å². The van der Waals surface area contributed by atoms with Gasteiger partial charge in [-0.15, -0.1) is 0 Å². The van der Waals surface area contributed by atoms with E-state index in [9.17, 15) is 4.39 Å². The molecular weight excluding hydrogens is 327 g/mol. The Bertz CT molecular complexity index is 757. The van der Waals surface area contributed by atoms with Crippen LogP contribution in [0.3, 0.4) is 0 Å². The van der Waals surface area contributed by atoms with Crippen LogP contribution in [0, 0.1) is 5.82 Å². The van der Waals surface area contributed by atoms with Crippen molar-refractivity contribution in [3.05, 3.63) is 58.6 Å². The Morgan fingerprint density at radius 2 is 2.00 bits per heavy atom. The molecule has 0 N–H and O–H groups in total. The molecule has 1 aliphatic carbocycles. The van der Waals surface area contributed by atoms with E-state index in [-0.39, 0.29) is 11.4 Å². The highest BCUT2D eigenvalue weighted by Gasteiger charge is 2.38. The lowest BCUT2D eigenvalue weighted by molar-refractivity contribution is 0.207. The van der Waals surface area contributed by atoms with Gasteiger partial charge in [0.1, 0.15) is 18.1 Å². The van der Waals surface area contributed by atoms with Gasteiger partial charge < -0.3 is 9.30 Å². The molecule has 0 amide bonds. The van der Waals surface area contributed by atoms with E-state index in [2.05, 4.69) is 0 Å². The van der Waals surface area contributed by atoms with E-state index in [4.69, 9.17) is 21.3 Å². The fraction of sp³-hybridized carbons (Fsp3) is 0.421. The minimum atomic E-state index is -0.292. The Kier molecular flexibility index (Phi) is 4.09. The molecule has 24 heavy (non-hydrogen) atoms. The van der Waals surface area contributed by atoms with Crippen molar-refractivity contribution < 1.29 is 9.13 Å². The lowest BCUT2D eigenvalue weighted by Crippen LogP contribution is -2.30. The van der Waals surface area contributed by atoms with Crippen LogP contribution in [0.2, 0.25) is 5.02 Å². The van der Waals surface area contributed by atoms with Gasteiger partial charge in [0.15, 0.2) is 0 Å². The molecule has 1 aromatic heterocycles. The van der Waals surface area contributed by atoms with Gasteiger partial charge in [0, 0.05) is 16.8 Å². The molecule has 0 atom stereocenters. The smallest absolute Gasteiger partial charge is 0.234 e. The number of aromatic nitrogens is 1. The van der Waals surface area contributed by atoms with E-state index in [0.717, 1.165) is 18.5 Å². The second-order valence-electron chi connectivity index (χ2n) is 6.71. The highest BCUT2D eigenvalue weighted by molar-refractivity contribution is 6.31. The third kappa shape index (κ3) is 2.84. The molecule has 0 radical (unpaired) electrons. The first-order chi connectivity index (χ1) is 11.7. The Labute approximate surface area is 146 Å². The van der Waals surface area contributed by atoms with Crippen molar-refractivity contribution >= 4 is 17.5 Å². The van der Waals surface area contributed by atoms with Crippen LogP contribution in [0.25, 0.3) is 0 Å². The highest BCUT2D eigenvalue weighted by Crippen LogP contribution is 2.36. The first-order valence-corrected chi connectivity index (χ1v) is 8.86. The maximum Gasteiger partial charge on any atom is 0.234 e. The van der Waals surface area contributed by atoms with Crippen LogP contribution in [-0.2, 0) is 11.3 Å². The van der Waals surface area contributed by atoms with Gasteiger partial charge in [0.25, 0.3) is 0 Å². The van der Waals surface area contributed by atoms with Gasteiger partial charge in [-0.3, -0.25) is 0 Å². The van der Waals surface area contributed by atoms with Crippen LogP contribution >= 0.6 is 11.6 Å². The largest absolute Gasteiger partial charge is 0.474 e. The van der Waals surface area contributed by atoms with Crippen LogP contribution in [0.5, 0.6) is 0 Å². The molecule has 4 rings (SSSR count). The summed E-state index contributed by atoms with van der Waals surface area (Å²) in [5.74, 6) is 0.384. The van der Waals surface area contributed by atoms with E-state index in [0.29, 0.717) is 29.6 Å². The summed E-state index contributed by atoms with van der Waals surface area (Å²) in [5.41, 5.74) is 1.33. The molecule has 126 valence electrons. The molecule has 0 bridgehead atoms. The zero-order valence-corrected chi connectivity index (χ0v) is 14.2. The second-order valence-corrected chi connectivity index (χ2v) is 7.12. The SMILES string of the molecule is Fc1cccc(Cl)c1Cn1cccc1C1=NC2(CCCCC2)CO1. The molecular formula is C19H20ClFN2O. The summed E-state index contributed by atoms with van der Waals surface area (Å²) in [6, 6.07) is 8.67. The van der Waals surface area contributed by atoms with Crippen molar-refractivity contribution in [2.45, 2.75) is 44.2 Å². The maximum atomic E-state index is 14.1. The molecule has 1 spiro atoms. The van der Waals surface area contributed by atoms with Crippen molar-refractivity contribution in [3.8, 4) is 0 Å². The van der Waals surface area contributed by atoms with E-state index in [1.165, 1.54) is 25.3 Å². The van der Waals surface area contributed by atoms with Crippen LogP contribution in [0.4, 0.5) is 4.39 Å². The third-order valence-electron chi connectivity index (χ3n) is 5.04. The van der Waals surface area contributed by atoms with Gasteiger partial charge >= 0.3 is 0 Å². The molecule has 0 saturated heterocycles. The topological polar surface area (TPSA) is 26.5 Å². The summed E-state index contributed by atoms with van der Waals surface area (Å²) in [7, 11) is 0. The lowest BCUT2D eigenvalue weighted by Gasteiger charge is -2.27. The Hall–Kier alpha value is -1.81. The summed E-state index contributed by atoms with van der Waals surface area (Å²) in [4.78, 5) is 4.92. The molecule has 1 aromatic carbocycles. The minimum Gasteiger partial charge on any atom is -0.474 e. The fourth-order valence-corrected chi connectivity index (χ4v) is 3.90. The van der Waals surface area contributed by atoms with Crippen molar-refractivity contribution in [2.24, 2.45) is 4.99 Å². The molecule has 2 aliphatic rings. The average Bonchev–Trinajstić information content (AvgIpc) is 3.19. The lowest BCUT2D eigenvalue weighted by atomic mass is 9.83. The third-order valence-corrected chi connectivity index (χ3v) is 5.39. The number of hydrogen-bond acceptors (Lipinski definition) is 2. The Morgan fingerprint density at radius 3 is 2.79 bits per heavy atom. The summed E-state index contributed by atoms with van der Waals surface area (Å²) in [5, 5.41) is 0.438. The van der Waals surface area contributed by atoms with Gasteiger partial charge in [-0.1, -0.05) is 36.9 Å². The van der Waals surface area contributed by atoms with E-state index < -0.39 is 0 Å². The number of halogens is 2. The minimum absolute atomic E-state index is 0.0433. The molecule has 1 saturated carbocycles. The first-order valence-electron chi connectivity index (χ1n) is 8.48. The number of nitrogens with zero attached hydrogens (tertiary/aromatic N) is 2. The summed E-state index contributed by atoms with van der Waals surface area (Å²) >= 11 is 6.16. The monoisotopic (exact) mass is 346 g/mol. The highest BCUT2D eigenvalue weighted by atomic mass is 35.5. The van der Waals surface area contributed by atoms with E-state index in [1.54, 1.807) is 12.1 Å². The Balaban J connectivity index is 1.63. The Morgan fingerprint density at radius 1 is 1.17 bits per heavy atom. The van der Waals surface area contributed by atoms with Gasteiger partial charge in [-0.2, -0.15) is 0 Å². The zero-order chi connectivity index (χ0) is 16.6. The standard InChI is InChI=1S/C19H20ClFN2O/c20-15-6-4-7-16(21)14(15)12-23-11-5-8-17(23)18-22-19(13-24-18)9-2-1-3-10-19/h4-8,11H,1-3,9-10,12-13H2. The summed E-state index contributed by atoms with van der Waals surface area (Å²) < 4.78 is 22.0. The second kappa shape index (κ2) is 6.25. The fourth-order valence-electron chi connectivity index (χ4n) is 3.68. The zero-order valence-electron chi connectivity index (χ0n) is 13.5. The number of benzene rings is 1. The molecule has 2 heterocycles. The number of rotatable bonds is 3. The maximum absolute atomic E-state index is 14.1. The van der Waals surface area contributed by atoms with Crippen LogP contribution in [0.1, 0.15) is 43.4 Å². The average molecular weight is 347 g/mol. The molecule has 1 aliphatic heterocycles. The van der Waals surface area contributed by atoms with Crippen molar-refractivity contribution in [1.82, 2.24) is 4.57 Å². The predicted octanol–water partition coefficient (Wildman–Crippen LogP) is 4.81. The van der Waals surface area contributed by atoms with Crippen molar-refractivity contribution in [2.75, 3.05) is 6.61 Å². The molecule has 3 nitrogen and oxygen atoms in total. The number of aliphatic imine (C=N–C) groups is 1.